The normalized spacial score (nSPS) is 10.4. The van der Waals surface area contributed by atoms with Crippen LogP contribution >= 0.6 is 0 Å². The lowest BCUT2D eigenvalue weighted by molar-refractivity contribution is -0.134. The van der Waals surface area contributed by atoms with Crippen LogP contribution in [0, 0.1) is 5.53 Å². The first-order valence-electron chi connectivity index (χ1n) is 8.94. The Balaban J connectivity index is 2.16. The summed E-state index contributed by atoms with van der Waals surface area (Å²) in [4.78, 5) is 23.6. The molecule has 0 spiro atoms. The lowest BCUT2D eigenvalue weighted by Gasteiger charge is -2.09. The Morgan fingerprint density at radius 3 is 2.31 bits per heavy atom. The number of Topliss-reactive ketones (excluding diaryl/α,β-unsaturated/α-hetero) is 1. The maximum atomic E-state index is 11.9. The van der Waals surface area contributed by atoms with Crippen molar-refractivity contribution in [3.8, 4) is 16.9 Å². The fourth-order valence-corrected chi connectivity index (χ4v) is 2.62. The van der Waals surface area contributed by atoms with Gasteiger partial charge < -0.3 is 4.74 Å². The average Bonchev–Trinajstić information content (AvgIpc) is 2.68. The smallest absolute Gasteiger partial charge is 0.311 e. The van der Waals surface area contributed by atoms with E-state index in [4.69, 9.17) is 10.3 Å². The van der Waals surface area contributed by atoms with Gasteiger partial charge >= 0.3 is 5.97 Å². The number of rotatable bonds is 9. The van der Waals surface area contributed by atoms with Crippen molar-refractivity contribution in [1.29, 1.82) is 5.53 Å². The summed E-state index contributed by atoms with van der Waals surface area (Å²) in [5, 5.41) is 3.48. The van der Waals surface area contributed by atoms with E-state index in [1.807, 2.05) is 25.1 Å². The van der Waals surface area contributed by atoms with Crippen LogP contribution < -0.4 is 4.74 Å². The van der Waals surface area contributed by atoms with Gasteiger partial charge in [-0.15, -0.1) is 0 Å². The van der Waals surface area contributed by atoms with Crippen molar-refractivity contribution in [2.75, 3.05) is 0 Å². The van der Waals surface area contributed by atoms with Crippen LogP contribution in [0.3, 0.4) is 0 Å². The van der Waals surface area contributed by atoms with Crippen LogP contribution in [0.1, 0.15) is 56.3 Å². The molecule has 0 radical (unpaired) electrons. The Morgan fingerprint density at radius 2 is 1.69 bits per heavy atom. The standard InChI is InChI=1S/C21H24N2O3/c1-3-5-6-7-21(25)26-20-13-12-17(14-18(20)23-22)15-8-10-16(11-9-15)19(24)4-2/h8-14,22H,3-7H2,1-2H3. The number of carbonyl (C=O) groups excluding carboxylic acids is 2. The molecule has 0 saturated heterocycles. The van der Waals surface area contributed by atoms with Gasteiger partial charge in [0.1, 0.15) is 5.69 Å². The zero-order chi connectivity index (χ0) is 18.9. The number of benzene rings is 2. The largest absolute Gasteiger partial charge is 0.424 e. The highest BCUT2D eigenvalue weighted by atomic mass is 16.5. The molecule has 0 atom stereocenters. The molecule has 0 aromatic heterocycles. The number of nitrogens with zero attached hydrogens (tertiary/aromatic N) is 1. The van der Waals surface area contributed by atoms with Crippen molar-refractivity contribution in [2.45, 2.75) is 46.0 Å². The van der Waals surface area contributed by atoms with Gasteiger partial charge in [0, 0.05) is 18.4 Å². The minimum Gasteiger partial charge on any atom is -0.424 e. The van der Waals surface area contributed by atoms with Crippen LogP contribution in [0.4, 0.5) is 5.69 Å². The van der Waals surface area contributed by atoms with Crippen molar-refractivity contribution in [3.05, 3.63) is 48.0 Å². The number of unbranched alkanes of at least 4 members (excludes halogenated alkanes) is 2. The van der Waals surface area contributed by atoms with E-state index < -0.39 is 0 Å². The molecule has 2 aromatic rings. The molecule has 5 heteroatoms. The summed E-state index contributed by atoms with van der Waals surface area (Å²) >= 11 is 0. The first-order chi connectivity index (χ1) is 12.6. The van der Waals surface area contributed by atoms with Crippen LogP contribution in [0.15, 0.2) is 47.6 Å². The predicted octanol–water partition coefficient (Wildman–Crippen LogP) is 6.09. The monoisotopic (exact) mass is 352 g/mol. The van der Waals surface area contributed by atoms with Crippen molar-refractivity contribution < 1.29 is 14.3 Å². The molecular weight excluding hydrogens is 328 g/mol. The third-order valence-electron chi connectivity index (χ3n) is 4.15. The van der Waals surface area contributed by atoms with Gasteiger partial charge in [-0.3, -0.25) is 9.59 Å². The minimum absolute atomic E-state index is 0.101. The summed E-state index contributed by atoms with van der Waals surface area (Å²) < 4.78 is 5.34. The highest BCUT2D eigenvalue weighted by Gasteiger charge is 2.11. The van der Waals surface area contributed by atoms with Gasteiger partial charge in [-0.2, -0.15) is 5.11 Å². The van der Waals surface area contributed by atoms with E-state index in [1.165, 1.54) is 0 Å². The molecule has 0 aliphatic rings. The van der Waals surface area contributed by atoms with Gasteiger partial charge in [0.25, 0.3) is 0 Å². The molecule has 0 fully saturated rings. The van der Waals surface area contributed by atoms with E-state index in [1.54, 1.807) is 24.3 Å². The van der Waals surface area contributed by atoms with Crippen LogP contribution in [0.25, 0.3) is 11.1 Å². The van der Waals surface area contributed by atoms with Gasteiger partial charge in [-0.25, -0.2) is 5.53 Å². The summed E-state index contributed by atoms with van der Waals surface area (Å²) in [6.07, 6.45) is 3.65. The first-order valence-corrected chi connectivity index (χ1v) is 8.94. The van der Waals surface area contributed by atoms with E-state index >= 15 is 0 Å². The second-order valence-corrected chi connectivity index (χ2v) is 6.08. The van der Waals surface area contributed by atoms with Crippen molar-refractivity contribution in [3.63, 3.8) is 0 Å². The average molecular weight is 352 g/mol. The van der Waals surface area contributed by atoms with E-state index in [0.29, 0.717) is 29.8 Å². The molecule has 0 aliphatic carbocycles. The van der Waals surface area contributed by atoms with Crippen molar-refractivity contribution in [2.24, 2.45) is 5.11 Å². The Kier molecular flexibility index (Phi) is 7.21. The molecule has 0 heterocycles. The number of hydrogen-bond donors (Lipinski definition) is 1. The second-order valence-electron chi connectivity index (χ2n) is 6.08. The maximum absolute atomic E-state index is 11.9. The predicted molar refractivity (Wildman–Crippen MR) is 101 cm³/mol. The molecule has 136 valence electrons. The topological polar surface area (TPSA) is 79.6 Å². The molecule has 0 unspecified atom stereocenters. The zero-order valence-corrected chi connectivity index (χ0v) is 15.2. The number of hydrogen-bond acceptors (Lipinski definition) is 5. The van der Waals surface area contributed by atoms with E-state index in [9.17, 15) is 9.59 Å². The first kappa shape index (κ1) is 19.5. The van der Waals surface area contributed by atoms with Gasteiger partial charge in [0.2, 0.25) is 0 Å². The maximum Gasteiger partial charge on any atom is 0.311 e. The summed E-state index contributed by atoms with van der Waals surface area (Å²) in [5.41, 5.74) is 10.1. The highest BCUT2D eigenvalue weighted by Crippen LogP contribution is 2.33. The quantitative estimate of drug-likeness (QED) is 0.195. The number of ether oxygens (including phenoxy) is 1. The number of ketones is 1. The second kappa shape index (κ2) is 9.61. The van der Waals surface area contributed by atoms with Crippen molar-refractivity contribution in [1.82, 2.24) is 0 Å². The molecule has 2 rings (SSSR count). The lowest BCUT2D eigenvalue weighted by atomic mass is 10.0. The van der Waals surface area contributed by atoms with Crippen LogP contribution in [-0.2, 0) is 4.79 Å². The van der Waals surface area contributed by atoms with E-state index in [-0.39, 0.29) is 11.8 Å². The molecule has 5 nitrogen and oxygen atoms in total. The molecule has 2 aromatic carbocycles. The Hall–Kier alpha value is -2.82. The minimum atomic E-state index is -0.307. The van der Waals surface area contributed by atoms with Gasteiger partial charge in [-0.05, 0) is 29.7 Å². The SMILES string of the molecule is CCCCCC(=O)Oc1ccc(-c2ccc(C(=O)CC)cc2)cc1N=N. The van der Waals surface area contributed by atoms with Crippen molar-refractivity contribution >= 4 is 17.4 Å². The number of esters is 1. The number of nitrogens with one attached hydrogen (secondary N) is 1. The van der Waals surface area contributed by atoms with Crippen LogP contribution in [0.5, 0.6) is 5.75 Å². The summed E-state index contributed by atoms with van der Waals surface area (Å²) in [5.74, 6) is 0.0882. The molecule has 26 heavy (non-hydrogen) atoms. The van der Waals surface area contributed by atoms with Gasteiger partial charge in [0.15, 0.2) is 11.5 Å². The fourth-order valence-electron chi connectivity index (χ4n) is 2.62. The number of carbonyl (C=O) groups is 2. The molecular formula is C21H24N2O3. The van der Waals surface area contributed by atoms with Crippen LogP contribution in [-0.4, -0.2) is 11.8 Å². The molecule has 0 bridgehead atoms. The zero-order valence-electron chi connectivity index (χ0n) is 15.2. The third kappa shape index (κ3) is 5.09. The molecule has 0 aliphatic heterocycles. The van der Waals surface area contributed by atoms with Gasteiger partial charge in [-0.1, -0.05) is 57.0 Å². The molecule has 1 N–H and O–H groups in total. The van der Waals surface area contributed by atoms with Gasteiger partial charge in [0.05, 0.1) is 0 Å². The molecule has 0 saturated carbocycles. The Morgan fingerprint density at radius 1 is 1.00 bits per heavy atom. The fraction of sp³-hybridized carbons (Fsp3) is 0.333. The summed E-state index contributed by atoms with van der Waals surface area (Å²) in [7, 11) is 0. The van der Waals surface area contributed by atoms with E-state index in [0.717, 1.165) is 30.4 Å². The lowest BCUT2D eigenvalue weighted by Crippen LogP contribution is -2.07. The summed E-state index contributed by atoms with van der Waals surface area (Å²) in [6.45, 7) is 3.91. The Labute approximate surface area is 153 Å². The third-order valence-corrected chi connectivity index (χ3v) is 4.15. The summed E-state index contributed by atoms with van der Waals surface area (Å²) in [6, 6.07) is 12.5. The highest BCUT2D eigenvalue weighted by molar-refractivity contribution is 5.96. The van der Waals surface area contributed by atoms with Crippen LogP contribution in [0.2, 0.25) is 0 Å². The molecule has 0 amide bonds. The van der Waals surface area contributed by atoms with E-state index in [2.05, 4.69) is 12.0 Å². The Bertz CT molecular complexity index is 782.